The van der Waals surface area contributed by atoms with E-state index in [2.05, 4.69) is 29.8 Å². The molecule has 1 nitrogen and oxygen atoms in total. The molecular weight excluding hydrogens is 238 g/mol. The van der Waals surface area contributed by atoms with Gasteiger partial charge in [-0.1, -0.05) is 24.6 Å². The molecule has 1 aromatic heterocycles. The zero-order valence-corrected chi connectivity index (χ0v) is 11.0. The fourth-order valence-corrected chi connectivity index (χ4v) is 2.72. The van der Waals surface area contributed by atoms with Crippen LogP contribution in [0.4, 0.5) is 0 Å². The van der Waals surface area contributed by atoms with Crippen molar-refractivity contribution in [2.75, 3.05) is 11.5 Å². The Bertz CT molecular complexity index is 464. The van der Waals surface area contributed by atoms with Crippen molar-refractivity contribution in [1.82, 2.24) is 4.57 Å². The first-order valence-electron chi connectivity index (χ1n) is 5.64. The maximum absolute atomic E-state index is 6.14. The molecule has 1 aromatic carbocycles. The minimum absolute atomic E-state index is 0.846. The Morgan fingerprint density at radius 1 is 1.31 bits per heavy atom. The number of hydrogen-bond acceptors (Lipinski definition) is 1. The van der Waals surface area contributed by atoms with Gasteiger partial charge in [0.15, 0.2) is 0 Å². The third-order valence-electron chi connectivity index (χ3n) is 2.65. The van der Waals surface area contributed by atoms with Gasteiger partial charge >= 0.3 is 0 Å². The van der Waals surface area contributed by atoms with Gasteiger partial charge in [0.2, 0.25) is 0 Å². The van der Waals surface area contributed by atoms with E-state index in [4.69, 9.17) is 11.6 Å². The average molecular weight is 254 g/mol. The number of nitrogens with zero attached hydrogens (tertiary/aromatic N) is 1. The molecule has 0 radical (unpaired) electrons. The summed E-state index contributed by atoms with van der Waals surface area (Å²) in [5.74, 6) is 2.44. The minimum atomic E-state index is 0.846. The van der Waals surface area contributed by atoms with Gasteiger partial charge in [-0.05, 0) is 36.1 Å². The summed E-state index contributed by atoms with van der Waals surface area (Å²) < 4.78 is 2.29. The fraction of sp³-hybridized carbons (Fsp3) is 0.385. The lowest BCUT2D eigenvalue weighted by atomic mass is 10.2. The Balaban J connectivity index is 2.10. The van der Waals surface area contributed by atoms with Crippen molar-refractivity contribution < 1.29 is 0 Å². The number of aryl methyl sites for hydroxylation is 1. The summed E-state index contributed by atoms with van der Waals surface area (Å²) in [7, 11) is 0. The van der Waals surface area contributed by atoms with Crippen molar-refractivity contribution in [3.63, 3.8) is 0 Å². The van der Waals surface area contributed by atoms with E-state index in [0.717, 1.165) is 17.0 Å². The molecule has 2 aromatic rings. The van der Waals surface area contributed by atoms with Gasteiger partial charge in [-0.25, -0.2) is 0 Å². The van der Waals surface area contributed by atoms with E-state index in [0.29, 0.717) is 0 Å². The lowest BCUT2D eigenvalue weighted by Gasteiger charge is -2.05. The number of halogens is 1. The van der Waals surface area contributed by atoms with E-state index < -0.39 is 0 Å². The number of thioether (sulfide) groups is 1. The molecule has 0 aliphatic carbocycles. The molecule has 0 unspecified atom stereocenters. The Morgan fingerprint density at radius 2 is 2.19 bits per heavy atom. The van der Waals surface area contributed by atoms with Crippen molar-refractivity contribution in [3.8, 4) is 0 Å². The van der Waals surface area contributed by atoms with Gasteiger partial charge < -0.3 is 4.57 Å². The summed E-state index contributed by atoms with van der Waals surface area (Å²) in [5.41, 5.74) is 1.24. The molecule has 0 saturated carbocycles. The summed E-state index contributed by atoms with van der Waals surface area (Å²) in [5, 5.41) is 2.01. The van der Waals surface area contributed by atoms with Crippen LogP contribution in [0.3, 0.4) is 0 Å². The number of fused-ring (bicyclic) bond motifs is 1. The first-order valence-corrected chi connectivity index (χ1v) is 7.17. The van der Waals surface area contributed by atoms with Crippen molar-refractivity contribution >= 4 is 34.3 Å². The summed E-state index contributed by atoms with van der Waals surface area (Å²) in [6.07, 6.45) is 3.35. The second kappa shape index (κ2) is 5.65. The monoisotopic (exact) mass is 253 g/mol. The molecule has 0 N–H and O–H groups in total. The molecule has 1 heterocycles. The highest BCUT2D eigenvalue weighted by Crippen LogP contribution is 2.24. The molecular formula is C13H16ClNS. The molecule has 0 amide bonds. The smallest absolute Gasteiger partial charge is 0.0499 e. The predicted molar refractivity (Wildman–Crippen MR) is 74.6 cm³/mol. The SMILES string of the molecule is CCSCCCn1ccc2c(Cl)cccc21. The predicted octanol–water partition coefficient (Wildman–Crippen LogP) is 4.44. The van der Waals surface area contributed by atoms with Gasteiger partial charge in [0.05, 0.1) is 0 Å². The van der Waals surface area contributed by atoms with Crippen LogP contribution >= 0.6 is 23.4 Å². The minimum Gasteiger partial charge on any atom is -0.347 e. The highest BCUT2D eigenvalue weighted by Gasteiger charge is 2.03. The quantitative estimate of drug-likeness (QED) is 0.714. The van der Waals surface area contributed by atoms with Crippen molar-refractivity contribution in [2.45, 2.75) is 19.9 Å². The Hall–Kier alpha value is -0.600. The van der Waals surface area contributed by atoms with Gasteiger partial charge in [-0.15, -0.1) is 0 Å². The van der Waals surface area contributed by atoms with Crippen molar-refractivity contribution in [3.05, 3.63) is 35.5 Å². The van der Waals surface area contributed by atoms with Gasteiger partial charge in [-0.3, -0.25) is 0 Å². The molecule has 0 spiro atoms. The zero-order valence-electron chi connectivity index (χ0n) is 9.45. The van der Waals surface area contributed by atoms with Gasteiger partial charge in [0, 0.05) is 28.7 Å². The number of hydrogen-bond donors (Lipinski definition) is 0. The lowest BCUT2D eigenvalue weighted by Crippen LogP contribution is -1.97. The number of rotatable bonds is 5. The second-order valence-corrected chi connectivity index (χ2v) is 5.53. The summed E-state index contributed by atoms with van der Waals surface area (Å²) >= 11 is 8.14. The highest BCUT2D eigenvalue weighted by atomic mass is 35.5. The van der Waals surface area contributed by atoms with Crippen LogP contribution in [-0.4, -0.2) is 16.1 Å². The molecule has 16 heavy (non-hydrogen) atoms. The Labute approximate surface area is 106 Å². The molecule has 0 aliphatic rings. The van der Waals surface area contributed by atoms with Crippen molar-refractivity contribution in [1.29, 1.82) is 0 Å². The van der Waals surface area contributed by atoms with Crippen LogP contribution in [0.2, 0.25) is 5.02 Å². The molecule has 2 rings (SSSR count). The van der Waals surface area contributed by atoms with E-state index in [-0.39, 0.29) is 0 Å². The lowest BCUT2D eigenvalue weighted by molar-refractivity contribution is 0.709. The van der Waals surface area contributed by atoms with Gasteiger partial charge in [0.25, 0.3) is 0 Å². The normalized spacial score (nSPS) is 11.1. The Kier molecular flexibility index (Phi) is 4.19. The third kappa shape index (κ3) is 2.55. The average Bonchev–Trinajstić information content (AvgIpc) is 2.70. The van der Waals surface area contributed by atoms with Crippen LogP contribution in [0.5, 0.6) is 0 Å². The summed E-state index contributed by atoms with van der Waals surface area (Å²) in [6, 6.07) is 8.20. The van der Waals surface area contributed by atoms with E-state index >= 15 is 0 Å². The second-order valence-electron chi connectivity index (χ2n) is 3.73. The molecule has 0 atom stereocenters. The topological polar surface area (TPSA) is 4.93 Å². The highest BCUT2D eigenvalue weighted by molar-refractivity contribution is 7.99. The van der Waals surface area contributed by atoms with Gasteiger partial charge in [0.1, 0.15) is 0 Å². The van der Waals surface area contributed by atoms with Crippen LogP contribution in [0, 0.1) is 0 Å². The largest absolute Gasteiger partial charge is 0.347 e. The molecule has 3 heteroatoms. The van der Waals surface area contributed by atoms with E-state index in [1.165, 1.54) is 23.4 Å². The van der Waals surface area contributed by atoms with Gasteiger partial charge in [-0.2, -0.15) is 11.8 Å². The van der Waals surface area contributed by atoms with E-state index in [9.17, 15) is 0 Å². The van der Waals surface area contributed by atoms with Crippen LogP contribution in [0.15, 0.2) is 30.5 Å². The van der Waals surface area contributed by atoms with E-state index in [1.54, 1.807) is 0 Å². The summed E-state index contributed by atoms with van der Waals surface area (Å²) in [6.45, 7) is 3.28. The van der Waals surface area contributed by atoms with Crippen LogP contribution in [-0.2, 0) is 6.54 Å². The maximum atomic E-state index is 6.14. The fourth-order valence-electron chi connectivity index (χ4n) is 1.86. The first kappa shape index (κ1) is 11.9. The summed E-state index contributed by atoms with van der Waals surface area (Å²) in [4.78, 5) is 0. The van der Waals surface area contributed by atoms with Crippen molar-refractivity contribution in [2.24, 2.45) is 0 Å². The van der Waals surface area contributed by atoms with Crippen LogP contribution in [0.1, 0.15) is 13.3 Å². The maximum Gasteiger partial charge on any atom is 0.0499 e. The van der Waals surface area contributed by atoms with Crippen LogP contribution < -0.4 is 0 Å². The molecule has 0 bridgehead atoms. The third-order valence-corrected chi connectivity index (χ3v) is 3.97. The molecule has 86 valence electrons. The standard InChI is InChI=1S/C13H16ClNS/c1-2-16-10-4-8-15-9-7-11-12(14)5-3-6-13(11)15/h3,5-7,9H,2,4,8,10H2,1H3. The molecule has 0 fully saturated rings. The number of aromatic nitrogens is 1. The zero-order chi connectivity index (χ0) is 11.4. The first-order chi connectivity index (χ1) is 7.83. The Morgan fingerprint density at radius 3 is 3.00 bits per heavy atom. The van der Waals surface area contributed by atoms with E-state index in [1.807, 2.05) is 23.9 Å². The molecule has 0 saturated heterocycles. The number of benzene rings is 1. The van der Waals surface area contributed by atoms with Crippen LogP contribution in [0.25, 0.3) is 10.9 Å². The molecule has 0 aliphatic heterocycles.